The fraction of sp³-hybridized carbons (Fsp3) is 0.286. The molecule has 0 atom stereocenters. The van der Waals surface area contributed by atoms with Gasteiger partial charge in [-0.1, -0.05) is 22.9 Å². The van der Waals surface area contributed by atoms with Crippen molar-refractivity contribution in [1.82, 2.24) is 0 Å². The summed E-state index contributed by atoms with van der Waals surface area (Å²) in [4.78, 5) is 12.7. The van der Waals surface area contributed by atoms with Crippen molar-refractivity contribution in [3.05, 3.63) is 57.8 Å². The van der Waals surface area contributed by atoms with Crippen LogP contribution in [0.2, 0.25) is 0 Å². The minimum Gasteiger partial charge on any atom is -0.462 e. The van der Waals surface area contributed by atoms with E-state index in [1.807, 2.05) is 6.92 Å². The van der Waals surface area contributed by atoms with Crippen molar-refractivity contribution in [3.63, 3.8) is 0 Å². The molecule has 0 spiro atoms. The molecule has 0 aliphatic carbocycles. The van der Waals surface area contributed by atoms with E-state index in [-0.39, 0.29) is 11.5 Å². The zero-order valence-electron chi connectivity index (χ0n) is 16.4. The lowest BCUT2D eigenvalue weighted by atomic mass is 10.1. The van der Waals surface area contributed by atoms with Gasteiger partial charge in [0.2, 0.25) is 0 Å². The lowest BCUT2D eigenvalue weighted by Gasteiger charge is -2.11. The first-order valence-electron chi connectivity index (χ1n) is 9.28. The lowest BCUT2D eigenvalue weighted by Crippen LogP contribution is -2.13. The Bertz CT molecular complexity index is 1150. The molecule has 1 N–H and O–H groups in total. The number of sulfonamides is 1. The maximum atomic E-state index is 12.8. The summed E-state index contributed by atoms with van der Waals surface area (Å²) in [5, 5.41) is 0.533. The molecule has 0 unspecified atom stereocenters. The standard InChI is InChI=1S/C21H22BrNO5S/c1-4-6-18-20(21(24)27-5-2)16-12-17(13(3)11-19(16)28-18)23-29(25,26)15-9-7-14(22)8-10-15/h7-12,23H,4-6H2,1-3H3. The number of carbonyl (C=O) groups excluding carboxylic acids is 1. The van der Waals surface area contributed by atoms with Crippen LogP contribution in [-0.2, 0) is 21.2 Å². The zero-order chi connectivity index (χ0) is 21.2. The van der Waals surface area contributed by atoms with Gasteiger partial charge in [-0.3, -0.25) is 4.72 Å². The summed E-state index contributed by atoms with van der Waals surface area (Å²) in [7, 11) is -3.79. The van der Waals surface area contributed by atoms with E-state index in [0.717, 1.165) is 10.9 Å². The Hall–Kier alpha value is -2.32. The van der Waals surface area contributed by atoms with Crippen molar-refractivity contribution in [2.24, 2.45) is 0 Å². The van der Waals surface area contributed by atoms with Gasteiger partial charge in [-0.25, -0.2) is 13.2 Å². The summed E-state index contributed by atoms with van der Waals surface area (Å²) in [6.45, 7) is 5.75. The average Bonchev–Trinajstić information content (AvgIpc) is 2.99. The molecule has 3 aromatic rings. The molecular weight excluding hydrogens is 458 g/mol. The van der Waals surface area contributed by atoms with Gasteiger partial charge in [0, 0.05) is 16.3 Å². The van der Waals surface area contributed by atoms with E-state index in [0.29, 0.717) is 40.0 Å². The van der Waals surface area contributed by atoms with Gasteiger partial charge in [0.1, 0.15) is 16.9 Å². The van der Waals surface area contributed by atoms with Crippen molar-refractivity contribution >= 4 is 48.6 Å². The fourth-order valence-corrected chi connectivity index (χ4v) is 4.44. The van der Waals surface area contributed by atoms with Gasteiger partial charge in [0.25, 0.3) is 10.0 Å². The number of aryl methyl sites for hydroxylation is 2. The van der Waals surface area contributed by atoms with E-state index in [4.69, 9.17) is 9.15 Å². The molecule has 8 heteroatoms. The van der Waals surface area contributed by atoms with Crippen molar-refractivity contribution < 1.29 is 22.4 Å². The Morgan fingerprint density at radius 2 is 1.86 bits per heavy atom. The summed E-state index contributed by atoms with van der Waals surface area (Å²) >= 11 is 3.30. The second kappa shape index (κ2) is 8.59. The average molecular weight is 480 g/mol. The van der Waals surface area contributed by atoms with E-state index in [1.54, 1.807) is 38.1 Å². The van der Waals surface area contributed by atoms with Crippen molar-refractivity contribution in [2.75, 3.05) is 11.3 Å². The second-order valence-electron chi connectivity index (χ2n) is 6.59. The van der Waals surface area contributed by atoms with Gasteiger partial charge < -0.3 is 9.15 Å². The second-order valence-corrected chi connectivity index (χ2v) is 9.19. The number of ether oxygens (including phenoxy) is 1. The minimum atomic E-state index is -3.79. The first-order valence-corrected chi connectivity index (χ1v) is 11.6. The molecule has 0 saturated heterocycles. The molecular formula is C21H22BrNO5S. The van der Waals surface area contributed by atoms with E-state index >= 15 is 0 Å². The highest BCUT2D eigenvalue weighted by Crippen LogP contribution is 2.33. The summed E-state index contributed by atoms with van der Waals surface area (Å²) in [6, 6.07) is 9.73. The number of anilines is 1. The molecule has 0 bridgehead atoms. The number of rotatable bonds is 7. The molecule has 0 amide bonds. The SMILES string of the molecule is CCCc1oc2cc(C)c(NS(=O)(=O)c3ccc(Br)cc3)cc2c1C(=O)OCC. The highest BCUT2D eigenvalue weighted by Gasteiger charge is 2.24. The van der Waals surface area contributed by atoms with Crippen molar-refractivity contribution in [1.29, 1.82) is 0 Å². The van der Waals surface area contributed by atoms with Crippen molar-refractivity contribution in [3.8, 4) is 0 Å². The third kappa shape index (κ3) is 4.48. The number of nitrogens with one attached hydrogen (secondary N) is 1. The van der Waals surface area contributed by atoms with Crippen LogP contribution in [0, 0.1) is 6.92 Å². The van der Waals surface area contributed by atoms with Crippen molar-refractivity contribution in [2.45, 2.75) is 38.5 Å². The Morgan fingerprint density at radius 3 is 2.48 bits per heavy atom. The van der Waals surface area contributed by atoms with Crippen LogP contribution in [0.5, 0.6) is 0 Å². The Labute approximate surface area is 178 Å². The van der Waals surface area contributed by atoms with Crippen LogP contribution in [0.15, 0.2) is 50.2 Å². The molecule has 154 valence electrons. The van der Waals surface area contributed by atoms with E-state index in [9.17, 15) is 13.2 Å². The molecule has 3 rings (SSSR count). The quantitative estimate of drug-likeness (QED) is 0.456. The van der Waals surface area contributed by atoms with Gasteiger partial charge in [0.15, 0.2) is 0 Å². The smallest absolute Gasteiger partial charge is 0.342 e. The number of fused-ring (bicyclic) bond motifs is 1. The third-order valence-corrected chi connectivity index (χ3v) is 6.34. The summed E-state index contributed by atoms with van der Waals surface area (Å²) < 4.78 is 40.1. The number of halogens is 1. The predicted molar refractivity (Wildman–Crippen MR) is 116 cm³/mol. The molecule has 0 aliphatic heterocycles. The van der Waals surface area contributed by atoms with Crippen LogP contribution in [0.1, 0.15) is 41.9 Å². The maximum absolute atomic E-state index is 12.8. The Morgan fingerprint density at radius 1 is 1.17 bits per heavy atom. The van der Waals surface area contributed by atoms with E-state index in [2.05, 4.69) is 20.7 Å². The Kier molecular flexibility index (Phi) is 6.33. The largest absolute Gasteiger partial charge is 0.462 e. The first-order chi connectivity index (χ1) is 13.8. The van der Waals surface area contributed by atoms with Gasteiger partial charge in [-0.15, -0.1) is 0 Å². The van der Waals surface area contributed by atoms with Crippen LogP contribution in [0.25, 0.3) is 11.0 Å². The van der Waals surface area contributed by atoms with Gasteiger partial charge >= 0.3 is 5.97 Å². The summed E-state index contributed by atoms with van der Waals surface area (Å²) in [5.74, 6) is 0.0773. The molecule has 29 heavy (non-hydrogen) atoms. The molecule has 0 fully saturated rings. The minimum absolute atomic E-state index is 0.143. The maximum Gasteiger partial charge on any atom is 0.342 e. The van der Waals surface area contributed by atoms with Crippen LogP contribution >= 0.6 is 15.9 Å². The first kappa shape index (κ1) is 21.4. The molecule has 1 aromatic heterocycles. The molecule has 0 saturated carbocycles. The summed E-state index contributed by atoms with van der Waals surface area (Å²) in [6.07, 6.45) is 1.39. The molecule has 0 radical (unpaired) electrons. The number of carbonyl (C=O) groups is 1. The highest BCUT2D eigenvalue weighted by molar-refractivity contribution is 9.10. The molecule has 0 aliphatic rings. The van der Waals surface area contributed by atoms with Crippen LogP contribution in [0.3, 0.4) is 0 Å². The van der Waals surface area contributed by atoms with Crippen LogP contribution in [-0.4, -0.2) is 21.0 Å². The monoisotopic (exact) mass is 479 g/mol. The molecule has 6 nitrogen and oxygen atoms in total. The number of hydrogen-bond acceptors (Lipinski definition) is 5. The summed E-state index contributed by atoms with van der Waals surface area (Å²) in [5.41, 5.74) is 1.95. The number of benzene rings is 2. The van der Waals surface area contributed by atoms with Gasteiger partial charge in [-0.05, 0) is 62.2 Å². The van der Waals surface area contributed by atoms with Crippen LogP contribution < -0.4 is 4.72 Å². The lowest BCUT2D eigenvalue weighted by molar-refractivity contribution is 0.0526. The number of esters is 1. The fourth-order valence-electron chi connectivity index (χ4n) is 3.05. The predicted octanol–water partition coefficient (Wildman–Crippen LogP) is 5.43. The van der Waals surface area contributed by atoms with E-state index in [1.165, 1.54) is 12.1 Å². The third-order valence-electron chi connectivity index (χ3n) is 4.43. The van der Waals surface area contributed by atoms with Gasteiger partial charge in [-0.2, -0.15) is 0 Å². The molecule has 2 aromatic carbocycles. The van der Waals surface area contributed by atoms with Crippen LogP contribution in [0.4, 0.5) is 5.69 Å². The Balaban J connectivity index is 2.09. The number of hydrogen-bond donors (Lipinski definition) is 1. The topological polar surface area (TPSA) is 85.6 Å². The molecule has 1 heterocycles. The zero-order valence-corrected chi connectivity index (χ0v) is 18.8. The van der Waals surface area contributed by atoms with Gasteiger partial charge in [0.05, 0.1) is 17.2 Å². The normalized spacial score (nSPS) is 11.6. The number of furan rings is 1. The highest BCUT2D eigenvalue weighted by atomic mass is 79.9. The van der Waals surface area contributed by atoms with E-state index < -0.39 is 16.0 Å².